The molecule has 4 nitrogen and oxygen atoms in total. The SMILES string of the molecule is c1ccc2cc(-c3nc(-n4c5ccccc5c5cc6ccccc6cc54)nc4c3oc3ccccc34)ccc2c1. The van der Waals surface area contributed by atoms with Gasteiger partial charge in [-0.05, 0) is 57.9 Å². The van der Waals surface area contributed by atoms with E-state index in [-0.39, 0.29) is 0 Å². The van der Waals surface area contributed by atoms with Gasteiger partial charge >= 0.3 is 0 Å². The lowest BCUT2D eigenvalue weighted by Gasteiger charge is -2.10. The lowest BCUT2D eigenvalue weighted by atomic mass is 10.0. The second kappa shape index (κ2) is 8.01. The molecule has 9 rings (SSSR count). The van der Waals surface area contributed by atoms with E-state index < -0.39 is 0 Å². The van der Waals surface area contributed by atoms with Crippen molar-refractivity contribution in [2.45, 2.75) is 0 Å². The fraction of sp³-hybridized carbons (Fsp3) is 0. The number of benzene rings is 6. The Kier molecular flexibility index (Phi) is 4.30. The highest BCUT2D eigenvalue weighted by molar-refractivity contribution is 6.14. The fourth-order valence-corrected chi connectivity index (χ4v) is 6.08. The maximum absolute atomic E-state index is 6.42. The molecule has 0 bridgehead atoms. The van der Waals surface area contributed by atoms with E-state index in [4.69, 9.17) is 14.4 Å². The van der Waals surface area contributed by atoms with Crippen molar-refractivity contribution in [1.82, 2.24) is 14.5 Å². The van der Waals surface area contributed by atoms with Gasteiger partial charge in [-0.3, -0.25) is 4.57 Å². The minimum absolute atomic E-state index is 0.628. The summed E-state index contributed by atoms with van der Waals surface area (Å²) in [6.45, 7) is 0. The summed E-state index contributed by atoms with van der Waals surface area (Å²) in [7, 11) is 0. The van der Waals surface area contributed by atoms with E-state index >= 15 is 0 Å². The van der Waals surface area contributed by atoms with Gasteiger partial charge in [-0.15, -0.1) is 0 Å². The summed E-state index contributed by atoms with van der Waals surface area (Å²) in [5.74, 6) is 0.628. The minimum atomic E-state index is 0.628. The van der Waals surface area contributed by atoms with Crippen molar-refractivity contribution in [2.24, 2.45) is 0 Å². The molecule has 0 aliphatic rings. The molecule has 0 unspecified atom stereocenters. The Hall–Kier alpha value is -5.48. The number of hydrogen-bond donors (Lipinski definition) is 0. The van der Waals surface area contributed by atoms with Crippen LogP contribution in [0.3, 0.4) is 0 Å². The molecule has 0 saturated heterocycles. The van der Waals surface area contributed by atoms with Crippen LogP contribution in [0.25, 0.3) is 82.6 Å². The molecule has 3 heterocycles. The van der Waals surface area contributed by atoms with Gasteiger partial charge in [-0.1, -0.05) is 91.0 Å². The third-order valence-corrected chi connectivity index (χ3v) is 7.97. The normalized spacial score (nSPS) is 12.0. The standard InChI is InChI=1S/C36H21N3O/c1-2-10-23-19-26(18-17-22(23)9-1)33-35-34(28-14-6-8-16-32(28)40-35)38-36(37-33)39-30-15-7-5-13-27(30)29-20-24-11-3-4-12-25(24)21-31(29)39/h1-21H. The Morgan fingerprint density at radius 3 is 2.02 bits per heavy atom. The molecule has 4 heteroatoms. The molecule has 3 aromatic heterocycles. The Morgan fingerprint density at radius 2 is 1.18 bits per heavy atom. The summed E-state index contributed by atoms with van der Waals surface area (Å²) in [5, 5.41) is 8.09. The smallest absolute Gasteiger partial charge is 0.236 e. The van der Waals surface area contributed by atoms with Gasteiger partial charge in [0.05, 0.1) is 11.0 Å². The lowest BCUT2D eigenvalue weighted by molar-refractivity contribution is 0.666. The van der Waals surface area contributed by atoms with E-state index in [1.165, 1.54) is 26.9 Å². The zero-order chi connectivity index (χ0) is 26.2. The van der Waals surface area contributed by atoms with Crippen molar-refractivity contribution >= 4 is 65.4 Å². The number of fused-ring (bicyclic) bond motifs is 8. The molecule has 0 atom stereocenters. The molecule has 0 amide bonds. The van der Waals surface area contributed by atoms with Crippen molar-refractivity contribution < 1.29 is 4.42 Å². The van der Waals surface area contributed by atoms with Gasteiger partial charge < -0.3 is 4.42 Å². The van der Waals surface area contributed by atoms with E-state index in [2.05, 4.69) is 114 Å². The summed E-state index contributed by atoms with van der Waals surface area (Å²) < 4.78 is 8.62. The van der Waals surface area contributed by atoms with Gasteiger partial charge in [0, 0.05) is 21.7 Å². The molecular formula is C36H21N3O. The highest BCUT2D eigenvalue weighted by atomic mass is 16.3. The van der Waals surface area contributed by atoms with Crippen molar-refractivity contribution in [3.05, 3.63) is 127 Å². The Morgan fingerprint density at radius 1 is 0.500 bits per heavy atom. The Bertz CT molecular complexity index is 2450. The van der Waals surface area contributed by atoms with Crippen LogP contribution in [0.2, 0.25) is 0 Å². The maximum Gasteiger partial charge on any atom is 0.236 e. The van der Waals surface area contributed by atoms with Crippen molar-refractivity contribution in [1.29, 1.82) is 0 Å². The number of rotatable bonds is 2. The van der Waals surface area contributed by atoms with Gasteiger partial charge in [0.2, 0.25) is 5.95 Å². The lowest BCUT2D eigenvalue weighted by Crippen LogP contribution is -2.03. The summed E-state index contributed by atoms with van der Waals surface area (Å²) in [6.07, 6.45) is 0. The van der Waals surface area contributed by atoms with Gasteiger partial charge in [0.1, 0.15) is 16.8 Å². The predicted octanol–water partition coefficient (Wildman–Crippen LogP) is 9.45. The van der Waals surface area contributed by atoms with Crippen LogP contribution >= 0.6 is 0 Å². The molecule has 0 N–H and O–H groups in total. The Balaban J connectivity index is 1.43. The molecule has 186 valence electrons. The summed E-state index contributed by atoms with van der Waals surface area (Å²) in [6, 6.07) is 44.5. The molecule has 0 aliphatic heterocycles. The molecule has 0 fully saturated rings. The molecule has 40 heavy (non-hydrogen) atoms. The fourth-order valence-electron chi connectivity index (χ4n) is 6.08. The first-order chi connectivity index (χ1) is 19.8. The molecule has 0 radical (unpaired) electrons. The number of para-hydroxylation sites is 2. The van der Waals surface area contributed by atoms with Crippen LogP contribution in [0.1, 0.15) is 0 Å². The van der Waals surface area contributed by atoms with Crippen LogP contribution in [-0.4, -0.2) is 14.5 Å². The minimum Gasteiger partial charge on any atom is -0.452 e. The number of aromatic nitrogens is 3. The summed E-state index contributed by atoms with van der Waals surface area (Å²) in [4.78, 5) is 10.4. The molecule has 0 saturated carbocycles. The third-order valence-electron chi connectivity index (χ3n) is 7.97. The second-order valence-electron chi connectivity index (χ2n) is 10.3. The molecular weight excluding hydrogens is 490 g/mol. The van der Waals surface area contributed by atoms with Crippen LogP contribution in [0, 0.1) is 0 Å². The molecule has 9 aromatic rings. The molecule has 0 aliphatic carbocycles. The van der Waals surface area contributed by atoms with Crippen molar-refractivity contribution in [2.75, 3.05) is 0 Å². The average Bonchev–Trinajstić information content (AvgIpc) is 3.54. The topological polar surface area (TPSA) is 43.9 Å². The average molecular weight is 512 g/mol. The highest BCUT2D eigenvalue weighted by Crippen LogP contribution is 2.38. The van der Waals surface area contributed by atoms with E-state index in [1.807, 2.05) is 18.2 Å². The zero-order valence-electron chi connectivity index (χ0n) is 21.4. The number of furan rings is 1. The van der Waals surface area contributed by atoms with Crippen molar-refractivity contribution in [3.63, 3.8) is 0 Å². The van der Waals surface area contributed by atoms with Crippen LogP contribution in [0.4, 0.5) is 0 Å². The van der Waals surface area contributed by atoms with E-state index in [9.17, 15) is 0 Å². The first-order valence-electron chi connectivity index (χ1n) is 13.4. The van der Waals surface area contributed by atoms with Crippen LogP contribution in [-0.2, 0) is 0 Å². The van der Waals surface area contributed by atoms with E-state index in [1.54, 1.807) is 0 Å². The van der Waals surface area contributed by atoms with Crippen LogP contribution in [0.15, 0.2) is 132 Å². The summed E-state index contributed by atoms with van der Waals surface area (Å²) in [5.41, 5.74) is 6.26. The van der Waals surface area contributed by atoms with E-state index in [0.717, 1.165) is 44.2 Å². The zero-order valence-corrected chi connectivity index (χ0v) is 21.4. The van der Waals surface area contributed by atoms with Gasteiger partial charge in [-0.25, -0.2) is 9.97 Å². The van der Waals surface area contributed by atoms with Gasteiger partial charge in [0.25, 0.3) is 0 Å². The van der Waals surface area contributed by atoms with Crippen LogP contribution < -0.4 is 0 Å². The van der Waals surface area contributed by atoms with E-state index in [0.29, 0.717) is 11.5 Å². The molecule has 6 aromatic carbocycles. The summed E-state index contributed by atoms with van der Waals surface area (Å²) >= 11 is 0. The predicted molar refractivity (Wildman–Crippen MR) is 164 cm³/mol. The van der Waals surface area contributed by atoms with Gasteiger partial charge in [-0.2, -0.15) is 0 Å². The second-order valence-corrected chi connectivity index (χ2v) is 10.3. The maximum atomic E-state index is 6.42. The van der Waals surface area contributed by atoms with Crippen LogP contribution in [0.5, 0.6) is 0 Å². The largest absolute Gasteiger partial charge is 0.452 e. The third kappa shape index (κ3) is 3.01. The number of hydrogen-bond acceptors (Lipinski definition) is 3. The molecule has 0 spiro atoms. The Labute approximate surface area is 228 Å². The number of nitrogens with zero attached hydrogens (tertiary/aromatic N) is 3. The quantitative estimate of drug-likeness (QED) is 0.232. The van der Waals surface area contributed by atoms with Crippen molar-refractivity contribution in [3.8, 4) is 17.2 Å². The monoisotopic (exact) mass is 511 g/mol. The first kappa shape index (κ1) is 21.5. The van der Waals surface area contributed by atoms with Gasteiger partial charge in [0.15, 0.2) is 5.58 Å². The highest BCUT2D eigenvalue weighted by Gasteiger charge is 2.21. The first-order valence-corrected chi connectivity index (χ1v) is 13.4.